The maximum Gasteiger partial charge on any atom is 0.337 e. The highest BCUT2D eigenvalue weighted by molar-refractivity contribution is 5.82. The van der Waals surface area contributed by atoms with Crippen LogP contribution in [0.1, 0.15) is 33.2 Å². The topological polar surface area (TPSA) is 98.4 Å². The summed E-state index contributed by atoms with van der Waals surface area (Å²) in [5.41, 5.74) is 0.700. The third-order valence-electron chi connectivity index (χ3n) is 2.31. The molecular weight excluding hydrogens is 210 g/mol. The third kappa shape index (κ3) is 1.92. The second kappa shape index (κ2) is 4.55. The van der Waals surface area contributed by atoms with E-state index < -0.39 is 12.1 Å². The quantitative estimate of drug-likeness (QED) is 0.732. The van der Waals surface area contributed by atoms with Crippen molar-refractivity contribution in [3.8, 4) is 6.07 Å². The molecule has 1 rings (SSSR count). The van der Waals surface area contributed by atoms with Gasteiger partial charge in [0.1, 0.15) is 6.07 Å². The highest BCUT2D eigenvalue weighted by Crippen LogP contribution is 2.22. The lowest BCUT2D eigenvalue weighted by Crippen LogP contribution is -2.13. The molecule has 0 radical (unpaired) electrons. The summed E-state index contributed by atoms with van der Waals surface area (Å²) < 4.78 is 0. The molecule has 1 aromatic carbocycles. The van der Waals surface area contributed by atoms with E-state index in [-0.39, 0.29) is 16.7 Å². The summed E-state index contributed by atoms with van der Waals surface area (Å²) in [4.78, 5) is 21.2. The number of carboxylic acid groups (broad SMARTS) is 1. The molecule has 5 heteroatoms. The van der Waals surface area contributed by atoms with E-state index in [1.165, 1.54) is 19.1 Å². The minimum Gasteiger partial charge on any atom is -0.479 e. The third-order valence-corrected chi connectivity index (χ3v) is 2.31. The molecule has 5 nitrogen and oxygen atoms in total. The number of aliphatic carboxylic acids is 1. The van der Waals surface area contributed by atoms with E-state index in [0.717, 1.165) is 0 Å². The van der Waals surface area contributed by atoms with Crippen LogP contribution in [0.4, 0.5) is 0 Å². The van der Waals surface area contributed by atoms with E-state index in [9.17, 15) is 14.7 Å². The van der Waals surface area contributed by atoms with Gasteiger partial charge in [0.05, 0.1) is 5.56 Å². The Morgan fingerprint density at radius 3 is 2.62 bits per heavy atom. The van der Waals surface area contributed by atoms with Crippen LogP contribution < -0.4 is 0 Å². The molecule has 1 unspecified atom stereocenters. The minimum absolute atomic E-state index is 0.0906. The number of hydrogen-bond donors (Lipinski definition) is 2. The van der Waals surface area contributed by atoms with Crippen molar-refractivity contribution in [3.05, 3.63) is 34.4 Å². The Kier molecular flexibility index (Phi) is 3.38. The lowest BCUT2D eigenvalue weighted by atomic mass is 9.95. The lowest BCUT2D eigenvalue weighted by Gasteiger charge is -2.11. The maximum atomic E-state index is 10.6. The Balaban J connectivity index is 3.42. The summed E-state index contributed by atoms with van der Waals surface area (Å²) in [7, 11) is 0. The van der Waals surface area contributed by atoms with Crippen LogP contribution in [0.15, 0.2) is 12.1 Å². The summed E-state index contributed by atoms with van der Waals surface area (Å²) in [6, 6.07) is 4.47. The molecule has 1 atom stereocenters. The highest BCUT2D eigenvalue weighted by atomic mass is 16.4. The van der Waals surface area contributed by atoms with Crippen LogP contribution in [0.5, 0.6) is 0 Å². The fraction of sp³-hybridized carbons (Fsp3) is 0.182. The van der Waals surface area contributed by atoms with Crippen LogP contribution >= 0.6 is 0 Å². The smallest absolute Gasteiger partial charge is 0.337 e. The van der Waals surface area contributed by atoms with E-state index in [1.54, 1.807) is 0 Å². The molecular formula is C11H9NO4. The van der Waals surface area contributed by atoms with Crippen LogP contribution in [0.3, 0.4) is 0 Å². The van der Waals surface area contributed by atoms with Gasteiger partial charge in [-0.3, -0.25) is 4.79 Å². The number of aliphatic hydroxyl groups is 1. The first-order valence-electron chi connectivity index (χ1n) is 4.42. The number of rotatable bonds is 3. The van der Waals surface area contributed by atoms with Gasteiger partial charge in [-0.2, -0.15) is 5.26 Å². The van der Waals surface area contributed by atoms with Crippen LogP contribution in [0.25, 0.3) is 0 Å². The highest BCUT2D eigenvalue weighted by Gasteiger charge is 2.20. The molecule has 0 aromatic heterocycles. The predicted octanol–water partition coefficient (Wildman–Crippen LogP) is 0.797. The first-order valence-corrected chi connectivity index (χ1v) is 4.42. The van der Waals surface area contributed by atoms with Gasteiger partial charge in [-0.15, -0.1) is 0 Å². The second-order valence-electron chi connectivity index (χ2n) is 3.21. The molecule has 0 saturated carbocycles. The molecule has 16 heavy (non-hydrogen) atoms. The van der Waals surface area contributed by atoms with Gasteiger partial charge >= 0.3 is 5.97 Å². The summed E-state index contributed by atoms with van der Waals surface area (Å²) >= 11 is 0. The zero-order valence-electron chi connectivity index (χ0n) is 8.47. The number of benzene rings is 1. The van der Waals surface area contributed by atoms with Crippen molar-refractivity contribution in [2.75, 3.05) is 0 Å². The first kappa shape index (κ1) is 11.9. The number of nitriles is 1. The molecule has 0 spiro atoms. The zero-order chi connectivity index (χ0) is 12.3. The van der Waals surface area contributed by atoms with Crippen LogP contribution in [-0.2, 0) is 4.79 Å². The number of aliphatic hydroxyl groups excluding tert-OH is 1. The van der Waals surface area contributed by atoms with Crippen LogP contribution in [-0.4, -0.2) is 22.5 Å². The minimum atomic E-state index is -1.69. The molecule has 0 amide bonds. The molecule has 0 heterocycles. The standard InChI is InChI=1S/C11H9NO4/c1-6-8(10(14)11(15)16)3-2-7(5-13)9(6)4-12/h2-3,5,10,14H,1H3,(H,15,16). The number of carbonyl (C=O) groups is 2. The van der Waals surface area contributed by atoms with Crippen molar-refractivity contribution < 1.29 is 19.8 Å². The zero-order valence-corrected chi connectivity index (χ0v) is 8.47. The van der Waals surface area contributed by atoms with Crippen LogP contribution in [0, 0.1) is 18.3 Å². The van der Waals surface area contributed by atoms with E-state index >= 15 is 0 Å². The molecule has 2 N–H and O–H groups in total. The average Bonchev–Trinajstić information content (AvgIpc) is 2.27. The van der Waals surface area contributed by atoms with Gasteiger partial charge in [-0.1, -0.05) is 6.07 Å². The van der Waals surface area contributed by atoms with Crippen molar-refractivity contribution in [3.63, 3.8) is 0 Å². The van der Waals surface area contributed by atoms with Crippen LogP contribution in [0.2, 0.25) is 0 Å². The Labute approximate surface area is 91.6 Å². The summed E-state index contributed by atoms with van der Waals surface area (Å²) in [6.07, 6.45) is -1.17. The molecule has 0 aliphatic rings. The SMILES string of the molecule is Cc1c(C(O)C(=O)O)ccc(C=O)c1C#N. The molecule has 82 valence electrons. The maximum absolute atomic E-state index is 10.6. The number of carboxylic acids is 1. The Hall–Kier alpha value is -2.19. The normalized spacial score (nSPS) is 11.6. The van der Waals surface area contributed by atoms with E-state index in [0.29, 0.717) is 11.8 Å². The second-order valence-corrected chi connectivity index (χ2v) is 3.21. The van der Waals surface area contributed by atoms with Gasteiger partial charge < -0.3 is 10.2 Å². The Bertz CT molecular complexity index is 487. The monoisotopic (exact) mass is 219 g/mol. The number of hydrogen-bond acceptors (Lipinski definition) is 4. The Morgan fingerprint density at radius 2 is 2.19 bits per heavy atom. The lowest BCUT2D eigenvalue weighted by molar-refractivity contribution is -0.147. The van der Waals surface area contributed by atoms with Gasteiger partial charge in [-0.25, -0.2) is 4.79 Å². The molecule has 0 bridgehead atoms. The fourth-order valence-electron chi connectivity index (χ4n) is 1.42. The number of nitrogens with zero attached hydrogens (tertiary/aromatic N) is 1. The largest absolute Gasteiger partial charge is 0.479 e. The summed E-state index contributed by atoms with van der Waals surface area (Å²) in [5.74, 6) is -1.40. The molecule has 0 aliphatic carbocycles. The van der Waals surface area contributed by atoms with Gasteiger partial charge in [0.25, 0.3) is 0 Å². The van der Waals surface area contributed by atoms with Gasteiger partial charge in [0.2, 0.25) is 0 Å². The van der Waals surface area contributed by atoms with Crippen molar-refractivity contribution in [1.82, 2.24) is 0 Å². The van der Waals surface area contributed by atoms with E-state index in [4.69, 9.17) is 10.4 Å². The molecule has 1 aromatic rings. The summed E-state index contributed by atoms with van der Waals surface area (Å²) in [6.45, 7) is 1.49. The number of carbonyl (C=O) groups excluding carboxylic acids is 1. The first-order chi connectivity index (χ1) is 7.52. The van der Waals surface area contributed by atoms with Crippen molar-refractivity contribution in [2.24, 2.45) is 0 Å². The fourth-order valence-corrected chi connectivity index (χ4v) is 1.42. The van der Waals surface area contributed by atoms with E-state index in [2.05, 4.69) is 0 Å². The van der Waals surface area contributed by atoms with Gasteiger partial charge in [0, 0.05) is 5.56 Å². The predicted molar refractivity (Wildman–Crippen MR) is 53.9 cm³/mol. The molecule has 0 aliphatic heterocycles. The van der Waals surface area contributed by atoms with Gasteiger partial charge in [0.15, 0.2) is 12.4 Å². The number of aldehydes is 1. The average molecular weight is 219 g/mol. The molecule has 0 saturated heterocycles. The van der Waals surface area contributed by atoms with Crippen molar-refractivity contribution in [1.29, 1.82) is 5.26 Å². The molecule has 0 fully saturated rings. The summed E-state index contributed by atoms with van der Waals surface area (Å²) in [5, 5.41) is 26.8. The van der Waals surface area contributed by atoms with Crippen molar-refractivity contribution in [2.45, 2.75) is 13.0 Å². The van der Waals surface area contributed by atoms with Crippen molar-refractivity contribution >= 4 is 12.3 Å². The van der Waals surface area contributed by atoms with E-state index in [1.807, 2.05) is 6.07 Å². The van der Waals surface area contributed by atoms with Gasteiger partial charge in [-0.05, 0) is 24.1 Å². The Morgan fingerprint density at radius 1 is 1.56 bits per heavy atom.